The summed E-state index contributed by atoms with van der Waals surface area (Å²) in [7, 11) is 1.64. The summed E-state index contributed by atoms with van der Waals surface area (Å²) in [5.41, 5.74) is 0.804. The van der Waals surface area contributed by atoms with Crippen LogP contribution in [0.4, 0.5) is 5.69 Å². The minimum atomic E-state index is 0. The van der Waals surface area contributed by atoms with Crippen LogP contribution in [0.15, 0.2) is 30.3 Å². The van der Waals surface area contributed by atoms with E-state index in [4.69, 9.17) is 14.2 Å². The molecule has 0 spiro atoms. The highest BCUT2D eigenvalue weighted by atomic mass is 35.5. The van der Waals surface area contributed by atoms with Gasteiger partial charge in [-0.3, -0.25) is 4.79 Å². The number of fused-ring (bicyclic) bond motifs is 1. The van der Waals surface area contributed by atoms with E-state index in [-0.39, 0.29) is 24.9 Å². The average Bonchev–Trinajstić information content (AvgIpc) is 3.07. The molecule has 1 aromatic heterocycles. The molecule has 1 N–H and O–H groups in total. The van der Waals surface area contributed by atoms with Gasteiger partial charge in [-0.15, -0.1) is 23.7 Å². The topological polar surface area (TPSA) is 60.0 Å². The van der Waals surface area contributed by atoms with Gasteiger partial charge < -0.3 is 24.4 Å². The predicted octanol–water partition coefficient (Wildman–Crippen LogP) is 3.02. The van der Waals surface area contributed by atoms with E-state index in [9.17, 15) is 4.79 Å². The van der Waals surface area contributed by atoms with Crippen LogP contribution in [0.2, 0.25) is 0 Å². The predicted molar refractivity (Wildman–Crippen MR) is 110 cm³/mol. The van der Waals surface area contributed by atoms with E-state index < -0.39 is 0 Å². The first-order valence-corrected chi connectivity index (χ1v) is 9.44. The normalized spacial score (nSPS) is 12.4. The Kier molecular flexibility index (Phi) is 8.37. The van der Waals surface area contributed by atoms with Gasteiger partial charge in [0.2, 0.25) is 5.91 Å². The molecule has 27 heavy (non-hydrogen) atoms. The number of hydrogen-bond donors (Lipinski definition) is 1. The number of rotatable bonds is 8. The smallest absolute Gasteiger partial charge is 0.241 e. The molecular formula is C19H25ClN2O4S. The van der Waals surface area contributed by atoms with Crippen molar-refractivity contribution in [3.63, 3.8) is 0 Å². The fraction of sp³-hybridized carbons (Fsp3) is 0.421. The lowest BCUT2D eigenvalue weighted by molar-refractivity contribution is -0.117. The third-order valence-corrected chi connectivity index (χ3v) is 4.99. The van der Waals surface area contributed by atoms with Crippen LogP contribution < -0.4 is 19.7 Å². The van der Waals surface area contributed by atoms with Gasteiger partial charge in [0.05, 0.1) is 19.7 Å². The summed E-state index contributed by atoms with van der Waals surface area (Å²) in [4.78, 5) is 17.0. The molecule has 0 fully saturated rings. The summed E-state index contributed by atoms with van der Waals surface area (Å²) < 4.78 is 16.3. The van der Waals surface area contributed by atoms with Crippen molar-refractivity contribution < 1.29 is 19.0 Å². The number of methoxy groups -OCH3 is 1. The molecule has 3 rings (SSSR count). The van der Waals surface area contributed by atoms with E-state index in [1.165, 1.54) is 4.88 Å². The van der Waals surface area contributed by atoms with Gasteiger partial charge in [0.15, 0.2) is 11.5 Å². The summed E-state index contributed by atoms with van der Waals surface area (Å²) in [6, 6.07) is 9.78. The largest absolute Gasteiger partial charge is 0.486 e. The Morgan fingerprint density at radius 3 is 2.70 bits per heavy atom. The first-order chi connectivity index (χ1) is 12.7. The van der Waals surface area contributed by atoms with Crippen molar-refractivity contribution in [1.82, 2.24) is 5.32 Å². The summed E-state index contributed by atoms with van der Waals surface area (Å²) in [5.74, 6) is 1.41. The quantitative estimate of drug-likeness (QED) is 0.675. The number of aryl methyl sites for hydroxylation is 1. The summed E-state index contributed by atoms with van der Waals surface area (Å²) in [6.07, 6.45) is 0. The standard InChI is InChI=1S/C19H24N2O4S.ClH/c1-14-3-5-16(26-14)13-21(19(22)12-20-7-8-23-2)15-4-6-17-18(11-15)25-10-9-24-17;/h3-6,11,20H,7-10,12-13H2,1-2H3;1H. The SMILES string of the molecule is COCCNCC(=O)N(Cc1ccc(C)s1)c1ccc2c(c1)OCCO2.Cl. The van der Waals surface area contributed by atoms with Crippen LogP contribution in [0.3, 0.4) is 0 Å². The van der Waals surface area contributed by atoms with Crippen molar-refractivity contribution in [2.24, 2.45) is 0 Å². The van der Waals surface area contributed by atoms with Crippen molar-refractivity contribution in [1.29, 1.82) is 0 Å². The summed E-state index contributed by atoms with van der Waals surface area (Å²) in [5, 5.41) is 3.12. The van der Waals surface area contributed by atoms with E-state index in [1.54, 1.807) is 23.3 Å². The second-order valence-electron chi connectivity index (χ2n) is 5.99. The fourth-order valence-electron chi connectivity index (χ4n) is 2.71. The molecule has 1 amide bonds. The molecule has 2 heterocycles. The van der Waals surface area contributed by atoms with Crippen molar-refractivity contribution in [2.75, 3.05) is 44.9 Å². The summed E-state index contributed by atoms with van der Waals surface area (Å²) in [6.45, 7) is 5.12. The monoisotopic (exact) mass is 412 g/mol. The number of amides is 1. The van der Waals surface area contributed by atoms with Crippen LogP contribution >= 0.6 is 23.7 Å². The molecule has 0 radical (unpaired) electrons. The number of ether oxygens (including phenoxy) is 3. The molecular weight excluding hydrogens is 388 g/mol. The van der Waals surface area contributed by atoms with Crippen molar-refractivity contribution in [3.8, 4) is 11.5 Å². The number of nitrogens with one attached hydrogen (secondary N) is 1. The molecule has 0 aliphatic carbocycles. The van der Waals surface area contributed by atoms with E-state index >= 15 is 0 Å². The molecule has 1 aromatic carbocycles. The Labute approximate surface area is 169 Å². The van der Waals surface area contributed by atoms with Gasteiger partial charge in [-0.25, -0.2) is 0 Å². The molecule has 0 saturated carbocycles. The third-order valence-electron chi connectivity index (χ3n) is 4.01. The highest BCUT2D eigenvalue weighted by Gasteiger charge is 2.20. The van der Waals surface area contributed by atoms with Gasteiger partial charge in [0.25, 0.3) is 0 Å². The molecule has 0 saturated heterocycles. The Balaban J connectivity index is 0.00000261. The fourth-order valence-corrected chi connectivity index (χ4v) is 3.59. The number of hydrogen-bond acceptors (Lipinski definition) is 6. The van der Waals surface area contributed by atoms with Crippen LogP contribution in [-0.4, -0.2) is 45.9 Å². The van der Waals surface area contributed by atoms with Crippen molar-refractivity contribution in [3.05, 3.63) is 40.1 Å². The molecule has 148 valence electrons. The number of nitrogens with zero attached hydrogens (tertiary/aromatic N) is 1. The van der Waals surface area contributed by atoms with Gasteiger partial charge >= 0.3 is 0 Å². The van der Waals surface area contributed by atoms with Crippen LogP contribution in [-0.2, 0) is 16.1 Å². The third kappa shape index (κ3) is 5.84. The van der Waals surface area contributed by atoms with Gasteiger partial charge in [-0.2, -0.15) is 0 Å². The molecule has 1 aliphatic rings. The highest BCUT2D eigenvalue weighted by molar-refractivity contribution is 7.11. The second kappa shape index (κ2) is 10.5. The lowest BCUT2D eigenvalue weighted by atomic mass is 10.2. The number of benzene rings is 1. The van der Waals surface area contributed by atoms with E-state index in [0.717, 1.165) is 16.3 Å². The number of thiophene rings is 1. The Bertz CT molecular complexity index is 753. The van der Waals surface area contributed by atoms with E-state index in [2.05, 4.69) is 24.4 Å². The maximum absolute atomic E-state index is 12.8. The second-order valence-corrected chi connectivity index (χ2v) is 7.36. The molecule has 1 aliphatic heterocycles. The highest BCUT2D eigenvalue weighted by Crippen LogP contribution is 2.34. The van der Waals surface area contributed by atoms with Gasteiger partial charge in [-0.05, 0) is 31.2 Å². The molecule has 2 aromatic rings. The maximum atomic E-state index is 12.8. The van der Waals surface area contributed by atoms with Crippen LogP contribution in [0.25, 0.3) is 0 Å². The molecule has 6 nitrogen and oxygen atoms in total. The molecule has 8 heteroatoms. The maximum Gasteiger partial charge on any atom is 0.241 e. The average molecular weight is 413 g/mol. The van der Waals surface area contributed by atoms with Crippen LogP contribution in [0.5, 0.6) is 11.5 Å². The zero-order valence-electron chi connectivity index (χ0n) is 15.5. The van der Waals surface area contributed by atoms with E-state index in [1.807, 2.05) is 18.2 Å². The molecule has 0 bridgehead atoms. The number of anilines is 1. The van der Waals surface area contributed by atoms with Gasteiger partial charge in [0.1, 0.15) is 13.2 Å². The Morgan fingerprint density at radius 2 is 2.00 bits per heavy atom. The summed E-state index contributed by atoms with van der Waals surface area (Å²) >= 11 is 1.70. The first-order valence-electron chi connectivity index (χ1n) is 8.62. The number of carbonyl (C=O) groups is 1. The lowest BCUT2D eigenvalue weighted by Crippen LogP contribution is -2.38. The van der Waals surface area contributed by atoms with Crippen LogP contribution in [0, 0.1) is 6.92 Å². The van der Waals surface area contributed by atoms with E-state index in [0.29, 0.717) is 38.7 Å². The zero-order chi connectivity index (χ0) is 18.4. The minimum Gasteiger partial charge on any atom is -0.486 e. The first kappa shape index (κ1) is 21.5. The van der Waals surface area contributed by atoms with Crippen molar-refractivity contribution in [2.45, 2.75) is 13.5 Å². The van der Waals surface area contributed by atoms with Crippen LogP contribution in [0.1, 0.15) is 9.75 Å². The Hall–Kier alpha value is -1.80. The number of carbonyl (C=O) groups excluding carboxylic acids is 1. The lowest BCUT2D eigenvalue weighted by Gasteiger charge is -2.25. The van der Waals surface area contributed by atoms with Gasteiger partial charge in [0, 0.05) is 35.2 Å². The van der Waals surface area contributed by atoms with Gasteiger partial charge in [-0.1, -0.05) is 0 Å². The molecule has 0 unspecified atom stereocenters. The Morgan fingerprint density at radius 1 is 1.22 bits per heavy atom. The molecule has 0 atom stereocenters. The van der Waals surface area contributed by atoms with Crippen molar-refractivity contribution >= 4 is 35.3 Å². The number of halogens is 1. The minimum absolute atomic E-state index is 0. The zero-order valence-corrected chi connectivity index (χ0v) is 17.2.